The van der Waals surface area contributed by atoms with Crippen LogP contribution in [0.1, 0.15) is 31.2 Å². The second-order valence-electron chi connectivity index (χ2n) is 6.07. The third-order valence-electron chi connectivity index (χ3n) is 4.52. The molecule has 8 heteroatoms. The van der Waals surface area contributed by atoms with Crippen LogP contribution in [0.25, 0.3) is 0 Å². The first-order valence-corrected chi connectivity index (χ1v) is 9.47. The van der Waals surface area contributed by atoms with Crippen molar-refractivity contribution in [2.45, 2.75) is 44.6 Å². The van der Waals surface area contributed by atoms with Crippen molar-refractivity contribution < 1.29 is 8.42 Å². The minimum atomic E-state index is -3.47. The van der Waals surface area contributed by atoms with Gasteiger partial charge in [-0.05, 0) is 45.1 Å². The normalized spacial score (nSPS) is 20.0. The van der Waals surface area contributed by atoms with Crippen LogP contribution in [-0.2, 0) is 23.0 Å². The fraction of sp³-hybridized carbons (Fsp3) is 0.600. The molecule has 0 radical (unpaired) electrons. The number of aromatic nitrogens is 4. The van der Waals surface area contributed by atoms with Crippen molar-refractivity contribution in [1.29, 1.82) is 0 Å². The topological polar surface area (TPSA) is 83.9 Å². The summed E-state index contributed by atoms with van der Waals surface area (Å²) in [5.41, 5.74) is 1.77. The molecule has 1 N–H and O–H groups in total. The quantitative estimate of drug-likeness (QED) is 0.898. The van der Waals surface area contributed by atoms with Gasteiger partial charge < -0.3 is 0 Å². The SMILES string of the molecule is CCn1ncc(S(=O)(=O)N2CCC[C@H](Cc3ccn[nH]3)C2)c1C. The van der Waals surface area contributed by atoms with Gasteiger partial charge in [-0.2, -0.15) is 14.5 Å². The number of aryl methyl sites for hydroxylation is 1. The summed E-state index contributed by atoms with van der Waals surface area (Å²) >= 11 is 0. The van der Waals surface area contributed by atoms with Gasteiger partial charge in [0, 0.05) is 31.5 Å². The Morgan fingerprint density at radius 3 is 2.91 bits per heavy atom. The van der Waals surface area contributed by atoms with E-state index < -0.39 is 10.0 Å². The van der Waals surface area contributed by atoms with Gasteiger partial charge in [0.25, 0.3) is 0 Å². The molecule has 0 unspecified atom stereocenters. The molecule has 3 rings (SSSR count). The Morgan fingerprint density at radius 1 is 1.43 bits per heavy atom. The van der Waals surface area contributed by atoms with E-state index in [1.54, 1.807) is 15.2 Å². The fourth-order valence-corrected chi connectivity index (χ4v) is 4.98. The Labute approximate surface area is 136 Å². The van der Waals surface area contributed by atoms with Crippen LogP contribution in [0.5, 0.6) is 0 Å². The van der Waals surface area contributed by atoms with Crippen molar-refractivity contribution in [1.82, 2.24) is 24.3 Å². The van der Waals surface area contributed by atoms with Crippen LogP contribution in [0, 0.1) is 12.8 Å². The molecule has 0 aromatic carbocycles. The van der Waals surface area contributed by atoms with Crippen LogP contribution < -0.4 is 0 Å². The number of nitrogens with zero attached hydrogens (tertiary/aromatic N) is 4. The Morgan fingerprint density at radius 2 is 2.26 bits per heavy atom. The number of piperidine rings is 1. The van der Waals surface area contributed by atoms with Crippen LogP contribution in [-0.4, -0.2) is 45.8 Å². The summed E-state index contributed by atoms with van der Waals surface area (Å²) < 4.78 is 29.2. The summed E-state index contributed by atoms with van der Waals surface area (Å²) in [5, 5.41) is 11.1. The third-order valence-corrected chi connectivity index (χ3v) is 6.49. The predicted octanol–water partition coefficient (Wildman–Crippen LogP) is 1.58. The smallest absolute Gasteiger partial charge is 0.246 e. The molecule has 126 valence electrons. The van der Waals surface area contributed by atoms with Crippen LogP contribution >= 0.6 is 0 Å². The van der Waals surface area contributed by atoms with Crippen molar-refractivity contribution in [3.05, 3.63) is 29.8 Å². The summed E-state index contributed by atoms with van der Waals surface area (Å²) in [4.78, 5) is 0.335. The van der Waals surface area contributed by atoms with Gasteiger partial charge in [0.1, 0.15) is 4.90 Å². The van der Waals surface area contributed by atoms with Crippen molar-refractivity contribution in [2.75, 3.05) is 13.1 Å². The molecular formula is C15H23N5O2S. The van der Waals surface area contributed by atoms with Crippen LogP contribution in [0.15, 0.2) is 23.4 Å². The molecule has 1 saturated heterocycles. The standard InChI is InChI=1S/C15H23N5O2S/c1-3-20-12(2)15(10-17-20)23(21,22)19-8-4-5-13(11-19)9-14-6-7-16-18-14/h6-7,10,13H,3-5,8-9,11H2,1-2H3,(H,16,18)/t13-/m1/s1. The van der Waals surface area contributed by atoms with Gasteiger partial charge in [0.05, 0.1) is 11.9 Å². The maximum atomic E-state index is 12.9. The molecule has 3 heterocycles. The van der Waals surface area contributed by atoms with Gasteiger partial charge in [-0.15, -0.1) is 0 Å². The van der Waals surface area contributed by atoms with Gasteiger partial charge in [-0.3, -0.25) is 9.78 Å². The molecule has 0 amide bonds. The van der Waals surface area contributed by atoms with Gasteiger partial charge in [-0.25, -0.2) is 8.42 Å². The van der Waals surface area contributed by atoms with E-state index in [1.807, 2.05) is 19.9 Å². The molecule has 7 nitrogen and oxygen atoms in total. The minimum absolute atomic E-state index is 0.320. The van der Waals surface area contributed by atoms with E-state index in [2.05, 4.69) is 15.3 Å². The van der Waals surface area contributed by atoms with Gasteiger partial charge in [0.15, 0.2) is 0 Å². The average molecular weight is 337 g/mol. The van der Waals surface area contributed by atoms with E-state index in [0.717, 1.165) is 25.0 Å². The highest BCUT2D eigenvalue weighted by molar-refractivity contribution is 7.89. The number of hydrogen-bond donors (Lipinski definition) is 1. The minimum Gasteiger partial charge on any atom is -0.283 e. The van der Waals surface area contributed by atoms with Crippen LogP contribution in [0.3, 0.4) is 0 Å². The molecule has 0 saturated carbocycles. The fourth-order valence-electron chi connectivity index (χ4n) is 3.26. The lowest BCUT2D eigenvalue weighted by molar-refractivity contribution is 0.264. The zero-order valence-electron chi connectivity index (χ0n) is 13.6. The molecule has 0 bridgehead atoms. The van der Waals surface area contributed by atoms with Gasteiger partial charge in [0.2, 0.25) is 10.0 Å². The lowest BCUT2D eigenvalue weighted by Crippen LogP contribution is -2.40. The third kappa shape index (κ3) is 3.18. The maximum Gasteiger partial charge on any atom is 0.246 e. The molecule has 2 aromatic heterocycles. The predicted molar refractivity (Wildman–Crippen MR) is 86.4 cm³/mol. The van der Waals surface area contributed by atoms with Crippen LogP contribution in [0.2, 0.25) is 0 Å². The average Bonchev–Trinajstić information content (AvgIpc) is 3.17. The zero-order chi connectivity index (χ0) is 16.4. The van der Waals surface area contributed by atoms with E-state index in [0.29, 0.717) is 36.1 Å². The maximum absolute atomic E-state index is 12.9. The summed E-state index contributed by atoms with van der Waals surface area (Å²) in [7, 11) is -3.47. The highest BCUT2D eigenvalue weighted by Crippen LogP contribution is 2.27. The number of H-pyrrole nitrogens is 1. The largest absolute Gasteiger partial charge is 0.283 e. The summed E-state index contributed by atoms with van der Waals surface area (Å²) in [5.74, 6) is 0.320. The molecule has 2 aromatic rings. The second kappa shape index (κ2) is 6.45. The van der Waals surface area contributed by atoms with E-state index in [1.165, 1.54) is 6.20 Å². The molecule has 23 heavy (non-hydrogen) atoms. The Kier molecular flexibility index (Phi) is 4.54. The Balaban J connectivity index is 1.78. The van der Waals surface area contributed by atoms with E-state index in [4.69, 9.17) is 0 Å². The first kappa shape index (κ1) is 16.2. The van der Waals surface area contributed by atoms with Crippen molar-refractivity contribution >= 4 is 10.0 Å². The Hall–Kier alpha value is -1.67. The number of aromatic amines is 1. The number of sulfonamides is 1. The number of hydrogen-bond acceptors (Lipinski definition) is 4. The van der Waals surface area contributed by atoms with E-state index in [9.17, 15) is 8.42 Å². The number of rotatable bonds is 5. The van der Waals surface area contributed by atoms with Crippen molar-refractivity contribution in [2.24, 2.45) is 5.92 Å². The van der Waals surface area contributed by atoms with Gasteiger partial charge in [-0.1, -0.05) is 0 Å². The number of nitrogens with one attached hydrogen (secondary N) is 1. The second-order valence-corrected chi connectivity index (χ2v) is 7.97. The molecule has 1 aliphatic rings. The monoisotopic (exact) mass is 337 g/mol. The highest BCUT2D eigenvalue weighted by atomic mass is 32.2. The molecule has 1 aliphatic heterocycles. The molecule has 0 spiro atoms. The molecule has 1 fully saturated rings. The zero-order valence-corrected chi connectivity index (χ0v) is 14.4. The molecule has 1 atom stereocenters. The lowest BCUT2D eigenvalue weighted by Gasteiger charge is -2.31. The summed E-state index contributed by atoms with van der Waals surface area (Å²) in [6, 6.07) is 1.95. The van der Waals surface area contributed by atoms with Crippen molar-refractivity contribution in [3.8, 4) is 0 Å². The lowest BCUT2D eigenvalue weighted by atomic mass is 9.95. The van der Waals surface area contributed by atoms with Crippen LogP contribution in [0.4, 0.5) is 0 Å². The first-order chi connectivity index (χ1) is 11.0. The first-order valence-electron chi connectivity index (χ1n) is 8.03. The van der Waals surface area contributed by atoms with E-state index >= 15 is 0 Å². The van der Waals surface area contributed by atoms with Gasteiger partial charge >= 0.3 is 0 Å². The molecule has 0 aliphatic carbocycles. The Bertz CT molecular complexity index is 751. The van der Waals surface area contributed by atoms with Crippen molar-refractivity contribution in [3.63, 3.8) is 0 Å². The summed E-state index contributed by atoms with van der Waals surface area (Å²) in [6.45, 7) is 5.58. The summed E-state index contributed by atoms with van der Waals surface area (Å²) in [6.07, 6.45) is 5.97. The highest BCUT2D eigenvalue weighted by Gasteiger charge is 2.32. The molecular weight excluding hydrogens is 314 g/mol. The van der Waals surface area contributed by atoms with E-state index in [-0.39, 0.29) is 0 Å².